The van der Waals surface area contributed by atoms with Gasteiger partial charge in [-0.2, -0.15) is 31.4 Å². The summed E-state index contributed by atoms with van der Waals surface area (Å²) in [6, 6.07) is 7.13. The van der Waals surface area contributed by atoms with E-state index in [1.165, 1.54) is 7.11 Å². The van der Waals surface area contributed by atoms with Crippen LogP contribution in [-0.4, -0.2) is 29.0 Å². The van der Waals surface area contributed by atoms with Crippen LogP contribution in [0.1, 0.15) is 40.1 Å². The molecular formula is C22H17ClF6N4O2. The van der Waals surface area contributed by atoms with Gasteiger partial charge in [0.25, 0.3) is 5.91 Å². The monoisotopic (exact) mass is 518 g/mol. The maximum absolute atomic E-state index is 13.9. The van der Waals surface area contributed by atoms with Crippen LogP contribution in [0.25, 0.3) is 0 Å². The largest absolute Gasteiger partial charge is 0.497 e. The maximum Gasteiger partial charge on any atom is 0.416 e. The van der Waals surface area contributed by atoms with Crippen LogP contribution in [0.4, 0.5) is 37.8 Å². The Kier molecular flexibility index (Phi) is 6.34. The van der Waals surface area contributed by atoms with Crippen LogP contribution < -0.4 is 15.4 Å². The van der Waals surface area contributed by atoms with E-state index in [-0.39, 0.29) is 16.5 Å². The molecule has 2 N–H and O–H groups in total. The molecule has 0 bridgehead atoms. The average molecular weight is 519 g/mol. The van der Waals surface area contributed by atoms with Crippen molar-refractivity contribution in [2.75, 3.05) is 17.7 Å². The van der Waals surface area contributed by atoms with E-state index >= 15 is 0 Å². The topological polar surface area (TPSA) is 68.2 Å². The summed E-state index contributed by atoms with van der Waals surface area (Å²) in [5.74, 6) is -0.550. The standard InChI is InChI=1S/C22H17ClF6N4O2/c1-35-13-5-2-11(3-6-13)15-9-18(22(27,28)29)33-19(30-15)10-17(32-33)20(34)31-16-8-12(21(24,25)26)4-7-14(16)23/h2-8,10,15,18,30H,9H2,1H3,(H,31,34)/t15-,18-/m0/s1. The predicted molar refractivity (Wildman–Crippen MR) is 116 cm³/mol. The first-order valence-corrected chi connectivity index (χ1v) is 10.5. The number of hydrogen-bond acceptors (Lipinski definition) is 4. The van der Waals surface area contributed by atoms with Gasteiger partial charge in [0.15, 0.2) is 11.7 Å². The fraction of sp³-hybridized carbons (Fsp3) is 0.273. The van der Waals surface area contributed by atoms with Gasteiger partial charge in [0.1, 0.15) is 11.6 Å². The van der Waals surface area contributed by atoms with Gasteiger partial charge in [-0.25, -0.2) is 4.68 Å². The summed E-state index contributed by atoms with van der Waals surface area (Å²) in [5.41, 5.74) is -1.27. The first-order valence-electron chi connectivity index (χ1n) is 10.1. The number of alkyl halides is 6. The van der Waals surface area contributed by atoms with Crippen LogP contribution in [0.2, 0.25) is 5.02 Å². The second kappa shape index (κ2) is 8.99. The van der Waals surface area contributed by atoms with Crippen LogP contribution in [-0.2, 0) is 6.18 Å². The Labute approximate surface area is 199 Å². The number of nitrogens with one attached hydrogen (secondary N) is 2. The highest BCUT2D eigenvalue weighted by Crippen LogP contribution is 2.44. The van der Waals surface area contributed by atoms with Gasteiger partial charge < -0.3 is 15.4 Å². The molecule has 0 radical (unpaired) electrons. The smallest absolute Gasteiger partial charge is 0.416 e. The molecule has 1 aromatic heterocycles. The number of methoxy groups -OCH3 is 1. The number of aromatic nitrogens is 2. The molecule has 0 fully saturated rings. The van der Waals surface area contributed by atoms with Crippen molar-refractivity contribution in [3.05, 3.63) is 70.4 Å². The van der Waals surface area contributed by atoms with Crippen molar-refractivity contribution < 1.29 is 35.9 Å². The Hall–Kier alpha value is -3.41. The van der Waals surface area contributed by atoms with Gasteiger partial charge in [0, 0.05) is 12.5 Å². The van der Waals surface area contributed by atoms with Crippen molar-refractivity contribution in [2.45, 2.75) is 30.9 Å². The van der Waals surface area contributed by atoms with Crippen LogP contribution in [0, 0.1) is 0 Å². The highest BCUT2D eigenvalue weighted by atomic mass is 35.5. The molecule has 0 saturated heterocycles. The molecule has 4 rings (SSSR count). The van der Waals surface area contributed by atoms with Crippen LogP contribution in [0.15, 0.2) is 48.5 Å². The highest BCUT2D eigenvalue weighted by molar-refractivity contribution is 6.33. The number of nitrogens with zero attached hydrogens (tertiary/aromatic N) is 2. The number of ether oxygens (including phenoxy) is 1. The van der Waals surface area contributed by atoms with Crippen molar-refractivity contribution in [1.29, 1.82) is 0 Å². The van der Waals surface area contributed by atoms with Crippen LogP contribution in [0.5, 0.6) is 5.75 Å². The lowest BCUT2D eigenvalue weighted by molar-refractivity contribution is -0.173. The lowest BCUT2D eigenvalue weighted by atomic mass is 9.97. The number of carbonyl (C=O) groups excluding carboxylic acids is 1. The van der Waals surface area contributed by atoms with Gasteiger partial charge in [0.05, 0.1) is 29.4 Å². The molecule has 0 saturated carbocycles. The molecule has 6 nitrogen and oxygen atoms in total. The molecule has 1 aliphatic rings. The van der Waals surface area contributed by atoms with Crippen molar-refractivity contribution in [1.82, 2.24) is 9.78 Å². The minimum Gasteiger partial charge on any atom is -0.497 e. The molecule has 13 heteroatoms. The number of rotatable bonds is 4. The molecule has 0 unspecified atom stereocenters. The molecule has 2 atom stereocenters. The van der Waals surface area contributed by atoms with Gasteiger partial charge >= 0.3 is 12.4 Å². The Morgan fingerprint density at radius 1 is 1.11 bits per heavy atom. The van der Waals surface area contributed by atoms with E-state index in [0.717, 1.165) is 18.2 Å². The molecule has 1 amide bonds. The second-order valence-electron chi connectivity index (χ2n) is 7.77. The molecule has 0 aliphatic carbocycles. The fourth-order valence-electron chi connectivity index (χ4n) is 3.72. The maximum atomic E-state index is 13.9. The summed E-state index contributed by atoms with van der Waals surface area (Å²) >= 11 is 5.89. The Morgan fingerprint density at radius 3 is 2.40 bits per heavy atom. The zero-order chi connectivity index (χ0) is 25.5. The van der Waals surface area contributed by atoms with Crippen molar-refractivity contribution in [3.8, 4) is 5.75 Å². The summed E-state index contributed by atoms with van der Waals surface area (Å²) < 4.78 is 86.3. The molecule has 186 valence electrons. The molecule has 2 heterocycles. The van der Waals surface area contributed by atoms with E-state index < -0.39 is 48.0 Å². The SMILES string of the molecule is COc1ccc([C@@H]2C[C@@H](C(F)(F)F)n3nc(C(=O)Nc4cc(C(F)(F)F)ccc4Cl)cc3N2)cc1. The molecule has 3 aromatic rings. The Bertz CT molecular complexity index is 1240. The number of benzene rings is 2. The first kappa shape index (κ1) is 24.7. The zero-order valence-corrected chi connectivity index (χ0v) is 18.6. The number of carbonyl (C=O) groups is 1. The van der Waals surface area contributed by atoms with E-state index in [1.54, 1.807) is 24.3 Å². The van der Waals surface area contributed by atoms with Crippen LogP contribution >= 0.6 is 11.6 Å². The summed E-state index contributed by atoms with van der Waals surface area (Å²) in [4.78, 5) is 12.7. The summed E-state index contributed by atoms with van der Waals surface area (Å²) in [6.07, 6.45) is -9.76. The normalized spacial score (nSPS) is 17.9. The van der Waals surface area contributed by atoms with E-state index in [9.17, 15) is 31.1 Å². The lowest BCUT2D eigenvalue weighted by Gasteiger charge is -2.33. The summed E-state index contributed by atoms with van der Waals surface area (Å²) in [7, 11) is 1.46. The van der Waals surface area contributed by atoms with Crippen LogP contribution in [0.3, 0.4) is 0 Å². The van der Waals surface area contributed by atoms with Crippen molar-refractivity contribution in [2.24, 2.45) is 0 Å². The van der Waals surface area contributed by atoms with Crippen molar-refractivity contribution in [3.63, 3.8) is 0 Å². The van der Waals surface area contributed by atoms with Gasteiger partial charge in [0.2, 0.25) is 0 Å². The average Bonchev–Trinajstić information content (AvgIpc) is 3.23. The Morgan fingerprint density at radius 2 is 1.80 bits per heavy atom. The van der Waals surface area contributed by atoms with E-state index in [2.05, 4.69) is 15.7 Å². The molecule has 1 aliphatic heterocycles. The number of hydrogen-bond donors (Lipinski definition) is 2. The third-order valence-electron chi connectivity index (χ3n) is 5.48. The van der Waals surface area contributed by atoms with Gasteiger partial charge in [-0.3, -0.25) is 4.79 Å². The second-order valence-corrected chi connectivity index (χ2v) is 8.18. The number of fused-ring (bicyclic) bond motifs is 1. The minimum atomic E-state index is -4.68. The van der Waals surface area contributed by atoms with Crippen molar-refractivity contribution >= 4 is 29.0 Å². The fourth-order valence-corrected chi connectivity index (χ4v) is 3.89. The first-order chi connectivity index (χ1) is 16.4. The zero-order valence-electron chi connectivity index (χ0n) is 17.8. The number of anilines is 2. The Balaban J connectivity index is 1.63. The molecule has 2 aromatic carbocycles. The van der Waals surface area contributed by atoms with E-state index in [0.29, 0.717) is 22.1 Å². The third-order valence-corrected chi connectivity index (χ3v) is 5.81. The third kappa shape index (κ3) is 5.16. The highest BCUT2D eigenvalue weighted by Gasteiger charge is 2.47. The van der Waals surface area contributed by atoms with Gasteiger partial charge in [-0.15, -0.1) is 0 Å². The van der Waals surface area contributed by atoms with Gasteiger partial charge in [-0.1, -0.05) is 23.7 Å². The molecular weight excluding hydrogens is 502 g/mol. The summed E-state index contributed by atoms with van der Waals surface area (Å²) in [5, 5.41) is 8.73. The minimum absolute atomic E-state index is 0.0697. The summed E-state index contributed by atoms with van der Waals surface area (Å²) in [6.45, 7) is 0. The van der Waals surface area contributed by atoms with E-state index in [1.807, 2.05) is 0 Å². The molecule has 0 spiro atoms. The quantitative estimate of drug-likeness (QED) is 0.388. The van der Waals surface area contributed by atoms with E-state index in [4.69, 9.17) is 16.3 Å². The molecule has 35 heavy (non-hydrogen) atoms. The predicted octanol–water partition coefficient (Wildman–Crippen LogP) is 6.48. The number of halogens is 7. The van der Waals surface area contributed by atoms with Gasteiger partial charge in [-0.05, 0) is 35.9 Å². The lowest BCUT2D eigenvalue weighted by Crippen LogP contribution is -2.35. The number of amides is 1.